The van der Waals surface area contributed by atoms with Crippen molar-refractivity contribution in [1.29, 1.82) is 0 Å². The molecular formula is C18H42N3O3P3. The number of nitrogens with zero attached hydrogens (tertiary/aromatic N) is 3. The Labute approximate surface area is 172 Å². The highest BCUT2D eigenvalue weighted by Gasteiger charge is 2.46. The summed E-state index contributed by atoms with van der Waals surface area (Å²) in [6, 6.07) is 2.09. The summed E-state index contributed by atoms with van der Waals surface area (Å²) >= 11 is 0. The van der Waals surface area contributed by atoms with Crippen molar-refractivity contribution in [2.24, 2.45) is 0 Å². The molecule has 0 unspecified atom stereocenters. The SMILES string of the molecule is CC(C)N(C(C)C)P1OP(N(C(C)C)C(C)C)OP(N(C(C)C)C(C)C)O1. The van der Waals surface area contributed by atoms with E-state index in [0.29, 0.717) is 36.3 Å². The van der Waals surface area contributed by atoms with Crippen molar-refractivity contribution in [3.63, 3.8) is 0 Å². The summed E-state index contributed by atoms with van der Waals surface area (Å²) in [4.78, 5) is 0. The minimum absolute atomic E-state index is 0.348. The standard InChI is InChI=1S/C18H42N3O3P3/c1-13(2)19(14(3)4)25-22-26(20(15(5)6)16(7)8)24-27(23-25)21(17(9)10)18(11)12/h13-18H,1-12H3. The van der Waals surface area contributed by atoms with Crippen LogP contribution >= 0.6 is 25.6 Å². The molecule has 1 saturated heterocycles. The van der Waals surface area contributed by atoms with Crippen molar-refractivity contribution in [2.45, 2.75) is 119 Å². The highest BCUT2D eigenvalue weighted by atomic mass is 31.3. The van der Waals surface area contributed by atoms with Gasteiger partial charge in [-0.1, -0.05) is 0 Å². The second-order valence-electron chi connectivity index (χ2n) is 8.66. The maximum Gasteiger partial charge on any atom is 0.272 e. The molecule has 162 valence electrons. The van der Waals surface area contributed by atoms with Crippen LogP contribution in [0.15, 0.2) is 0 Å². The first-order chi connectivity index (χ1) is 12.4. The van der Waals surface area contributed by atoms with Crippen LogP contribution in [0, 0.1) is 0 Å². The van der Waals surface area contributed by atoms with Gasteiger partial charge in [-0.2, -0.15) is 0 Å². The predicted molar refractivity (Wildman–Crippen MR) is 120 cm³/mol. The Morgan fingerprint density at radius 3 is 0.630 bits per heavy atom. The lowest BCUT2D eigenvalue weighted by atomic mass is 10.3. The van der Waals surface area contributed by atoms with Gasteiger partial charge in [0.1, 0.15) is 0 Å². The lowest BCUT2D eigenvalue weighted by Crippen LogP contribution is -2.39. The number of hydrogen-bond acceptors (Lipinski definition) is 6. The van der Waals surface area contributed by atoms with Gasteiger partial charge in [-0.15, -0.1) is 0 Å². The first kappa shape index (κ1) is 26.1. The fourth-order valence-electron chi connectivity index (χ4n) is 3.40. The van der Waals surface area contributed by atoms with E-state index in [1.807, 2.05) is 0 Å². The van der Waals surface area contributed by atoms with Gasteiger partial charge in [-0.25, -0.2) is 14.0 Å². The minimum atomic E-state index is -1.17. The van der Waals surface area contributed by atoms with Crippen LogP contribution in [0.2, 0.25) is 0 Å². The van der Waals surface area contributed by atoms with Gasteiger partial charge in [0.15, 0.2) is 0 Å². The summed E-state index contributed by atoms with van der Waals surface area (Å²) in [5, 5.41) is 0. The highest BCUT2D eigenvalue weighted by molar-refractivity contribution is 7.71. The largest absolute Gasteiger partial charge is 0.272 e. The fourth-order valence-corrected chi connectivity index (χ4v) is 10.3. The van der Waals surface area contributed by atoms with Crippen LogP contribution in [0.5, 0.6) is 0 Å². The van der Waals surface area contributed by atoms with Crippen molar-refractivity contribution in [3.8, 4) is 0 Å². The van der Waals surface area contributed by atoms with Crippen LogP contribution in [-0.2, 0) is 12.9 Å². The Balaban J connectivity index is 3.25. The lowest BCUT2D eigenvalue weighted by molar-refractivity contribution is 0.197. The lowest BCUT2D eigenvalue weighted by Gasteiger charge is -2.48. The zero-order valence-electron chi connectivity index (χ0n) is 19.4. The molecule has 0 aromatic heterocycles. The summed E-state index contributed by atoms with van der Waals surface area (Å²) in [5.74, 6) is 0. The Bertz CT molecular complexity index is 348. The molecule has 0 radical (unpaired) electrons. The fraction of sp³-hybridized carbons (Fsp3) is 1.00. The normalized spacial score (nSPS) is 25.0. The minimum Gasteiger partial charge on any atom is -0.256 e. The molecule has 0 aromatic rings. The van der Waals surface area contributed by atoms with E-state index in [0.717, 1.165) is 0 Å². The van der Waals surface area contributed by atoms with Crippen molar-refractivity contribution >= 4 is 25.6 Å². The first-order valence-electron chi connectivity index (χ1n) is 10.2. The number of hydrogen-bond donors (Lipinski definition) is 0. The van der Waals surface area contributed by atoms with Crippen LogP contribution in [0.3, 0.4) is 0 Å². The molecule has 0 atom stereocenters. The van der Waals surface area contributed by atoms with Gasteiger partial charge in [0, 0.05) is 36.3 Å². The average Bonchev–Trinajstić information content (AvgIpc) is 2.44. The van der Waals surface area contributed by atoms with Crippen LogP contribution < -0.4 is 0 Å². The van der Waals surface area contributed by atoms with Gasteiger partial charge in [-0.3, -0.25) is 12.9 Å². The summed E-state index contributed by atoms with van der Waals surface area (Å²) < 4.78 is 26.7. The third kappa shape index (κ3) is 7.06. The summed E-state index contributed by atoms with van der Waals surface area (Å²) in [7, 11) is -3.52. The molecule has 0 amide bonds. The molecular weight excluding hydrogens is 399 g/mol. The molecule has 1 rings (SSSR count). The Morgan fingerprint density at radius 2 is 0.519 bits per heavy atom. The molecule has 1 aliphatic rings. The second kappa shape index (κ2) is 11.4. The van der Waals surface area contributed by atoms with E-state index in [1.54, 1.807) is 0 Å². The molecule has 1 aliphatic heterocycles. The average molecular weight is 441 g/mol. The zero-order chi connectivity index (χ0) is 21.0. The molecule has 0 aromatic carbocycles. The van der Waals surface area contributed by atoms with E-state index < -0.39 is 25.6 Å². The van der Waals surface area contributed by atoms with E-state index in [9.17, 15) is 0 Å². The van der Waals surface area contributed by atoms with Crippen LogP contribution in [0.1, 0.15) is 83.1 Å². The smallest absolute Gasteiger partial charge is 0.256 e. The van der Waals surface area contributed by atoms with Crippen molar-refractivity contribution in [3.05, 3.63) is 0 Å². The van der Waals surface area contributed by atoms with Crippen LogP contribution in [0.4, 0.5) is 0 Å². The molecule has 0 N–H and O–H groups in total. The summed E-state index contributed by atoms with van der Waals surface area (Å²) in [6.07, 6.45) is 0. The quantitative estimate of drug-likeness (QED) is 0.356. The Kier molecular flexibility index (Phi) is 11.1. The van der Waals surface area contributed by atoms with Gasteiger partial charge < -0.3 is 0 Å². The number of rotatable bonds is 9. The van der Waals surface area contributed by atoms with Crippen molar-refractivity contribution in [2.75, 3.05) is 0 Å². The highest BCUT2D eigenvalue weighted by Crippen LogP contribution is 2.76. The molecule has 27 heavy (non-hydrogen) atoms. The molecule has 1 heterocycles. The van der Waals surface area contributed by atoms with Gasteiger partial charge in [0.25, 0.3) is 25.6 Å². The third-order valence-electron chi connectivity index (χ3n) is 4.16. The molecule has 0 bridgehead atoms. The summed E-state index contributed by atoms with van der Waals surface area (Å²) in [5.41, 5.74) is 0. The molecule has 1 fully saturated rings. The Morgan fingerprint density at radius 1 is 0.370 bits per heavy atom. The van der Waals surface area contributed by atoms with Crippen LogP contribution in [-0.4, -0.2) is 50.3 Å². The van der Waals surface area contributed by atoms with Crippen molar-refractivity contribution in [1.82, 2.24) is 14.0 Å². The topological polar surface area (TPSA) is 37.4 Å². The van der Waals surface area contributed by atoms with E-state index in [-0.39, 0.29) is 0 Å². The maximum atomic E-state index is 6.52. The van der Waals surface area contributed by atoms with E-state index in [1.165, 1.54) is 0 Å². The summed E-state index contributed by atoms with van der Waals surface area (Å²) in [6.45, 7) is 26.5. The maximum absolute atomic E-state index is 6.52. The first-order valence-corrected chi connectivity index (χ1v) is 13.6. The molecule has 9 heteroatoms. The third-order valence-corrected chi connectivity index (χ3v) is 11.4. The van der Waals surface area contributed by atoms with E-state index in [2.05, 4.69) is 97.1 Å². The van der Waals surface area contributed by atoms with Gasteiger partial charge in [0.2, 0.25) is 0 Å². The monoisotopic (exact) mass is 441 g/mol. The molecule has 0 saturated carbocycles. The molecule has 6 nitrogen and oxygen atoms in total. The van der Waals surface area contributed by atoms with E-state index >= 15 is 0 Å². The van der Waals surface area contributed by atoms with Gasteiger partial charge >= 0.3 is 0 Å². The van der Waals surface area contributed by atoms with Gasteiger partial charge in [-0.05, 0) is 83.1 Å². The van der Waals surface area contributed by atoms with E-state index in [4.69, 9.17) is 12.9 Å². The van der Waals surface area contributed by atoms with Crippen molar-refractivity contribution < 1.29 is 12.9 Å². The molecule has 0 aliphatic carbocycles. The predicted octanol–water partition coefficient (Wildman–Crippen LogP) is 7.09. The Hall–Kier alpha value is 1.05. The molecule has 0 spiro atoms. The second-order valence-corrected chi connectivity index (χ2v) is 13.4. The zero-order valence-corrected chi connectivity index (χ0v) is 22.1. The van der Waals surface area contributed by atoms with Crippen LogP contribution in [0.25, 0.3) is 0 Å². The van der Waals surface area contributed by atoms with Gasteiger partial charge in [0.05, 0.1) is 0 Å².